The minimum Gasteiger partial charge on any atom is -0.463 e. The van der Waals surface area contributed by atoms with Crippen molar-refractivity contribution in [3.8, 4) is 0 Å². The molecule has 0 aliphatic rings. The summed E-state index contributed by atoms with van der Waals surface area (Å²) >= 11 is 0. The van der Waals surface area contributed by atoms with Gasteiger partial charge in [0.15, 0.2) is 0 Å². The second-order valence-electron chi connectivity index (χ2n) is 6.21. The molecule has 2 aromatic rings. The zero-order chi connectivity index (χ0) is 21.1. The SMILES string of the molecule is CCOC(=O)[C@@](O)(c1ccc(N(C)C(=O)c2ccc(C)cc2)cc1)C(F)(F)F. The molecule has 0 bridgehead atoms. The van der Waals surface area contributed by atoms with Crippen LogP contribution >= 0.6 is 0 Å². The van der Waals surface area contributed by atoms with Gasteiger partial charge >= 0.3 is 12.1 Å². The van der Waals surface area contributed by atoms with Gasteiger partial charge in [-0.25, -0.2) is 4.79 Å². The molecule has 0 heterocycles. The van der Waals surface area contributed by atoms with E-state index < -0.39 is 23.3 Å². The summed E-state index contributed by atoms with van der Waals surface area (Å²) in [6, 6.07) is 11.2. The van der Waals surface area contributed by atoms with Gasteiger partial charge in [-0.2, -0.15) is 13.2 Å². The molecule has 1 N–H and O–H groups in total. The van der Waals surface area contributed by atoms with Crippen LogP contribution in [0.25, 0.3) is 0 Å². The van der Waals surface area contributed by atoms with Crippen molar-refractivity contribution in [1.29, 1.82) is 0 Å². The Morgan fingerprint density at radius 1 is 1.04 bits per heavy atom. The lowest BCUT2D eigenvalue weighted by molar-refractivity contribution is -0.267. The Morgan fingerprint density at radius 3 is 2.04 bits per heavy atom. The number of ether oxygens (including phenoxy) is 1. The van der Waals surface area contributed by atoms with Crippen LogP contribution in [0.4, 0.5) is 18.9 Å². The lowest BCUT2D eigenvalue weighted by Gasteiger charge is -2.29. The van der Waals surface area contributed by atoms with Crippen molar-refractivity contribution >= 4 is 17.6 Å². The topological polar surface area (TPSA) is 66.8 Å². The molecule has 0 aliphatic heterocycles. The number of anilines is 1. The Bertz CT molecular complexity index is 847. The van der Waals surface area contributed by atoms with E-state index in [9.17, 15) is 27.9 Å². The number of aryl methyl sites for hydroxylation is 1. The average Bonchev–Trinajstić information content (AvgIpc) is 2.66. The Balaban J connectivity index is 2.33. The van der Waals surface area contributed by atoms with Crippen molar-refractivity contribution in [3.05, 3.63) is 65.2 Å². The van der Waals surface area contributed by atoms with Gasteiger partial charge in [0, 0.05) is 23.9 Å². The number of benzene rings is 2. The molecule has 28 heavy (non-hydrogen) atoms. The number of esters is 1. The molecule has 150 valence electrons. The molecule has 8 heteroatoms. The average molecular weight is 395 g/mol. The van der Waals surface area contributed by atoms with Gasteiger partial charge in [0.2, 0.25) is 0 Å². The first kappa shape index (κ1) is 21.4. The lowest BCUT2D eigenvalue weighted by Crippen LogP contribution is -2.50. The van der Waals surface area contributed by atoms with Crippen LogP contribution < -0.4 is 4.90 Å². The number of hydrogen-bond donors (Lipinski definition) is 1. The van der Waals surface area contributed by atoms with Gasteiger partial charge in [0.25, 0.3) is 11.5 Å². The van der Waals surface area contributed by atoms with Gasteiger partial charge in [-0.05, 0) is 38.1 Å². The predicted octanol–water partition coefficient (Wildman–Crippen LogP) is 3.58. The first-order chi connectivity index (χ1) is 13.0. The quantitative estimate of drug-likeness (QED) is 0.786. The normalized spacial score (nSPS) is 13.5. The highest BCUT2D eigenvalue weighted by molar-refractivity contribution is 6.05. The molecule has 0 saturated heterocycles. The van der Waals surface area contributed by atoms with Crippen LogP contribution in [0, 0.1) is 6.92 Å². The number of amides is 1. The van der Waals surface area contributed by atoms with Gasteiger partial charge in [-0.3, -0.25) is 4.79 Å². The number of aliphatic hydroxyl groups is 1. The number of halogens is 3. The second kappa shape index (κ2) is 8.02. The summed E-state index contributed by atoms with van der Waals surface area (Å²) in [6.45, 7) is 2.90. The van der Waals surface area contributed by atoms with E-state index in [1.54, 1.807) is 24.3 Å². The fraction of sp³-hybridized carbons (Fsp3) is 0.300. The molecule has 0 spiro atoms. The van der Waals surface area contributed by atoms with E-state index in [-0.39, 0.29) is 12.5 Å². The summed E-state index contributed by atoms with van der Waals surface area (Å²) in [5, 5.41) is 10.1. The molecule has 0 unspecified atom stereocenters. The number of hydrogen-bond acceptors (Lipinski definition) is 4. The molecule has 0 radical (unpaired) electrons. The monoisotopic (exact) mass is 395 g/mol. The molecular formula is C20H20F3NO4. The Kier molecular flexibility index (Phi) is 6.14. The molecule has 0 aromatic heterocycles. The molecule has 0 fully saturated rings. The molecule has 1 amide bonds. The van der Waals surface area contributed by atoms with E-state index in [1.807, 2.05) is 6.92 Å². The summed E-state index contributed by atoms with van der Waals surface area (Å²) in [4.78, 5) is 25.6. The largest absolute Gasteiger partial charge is 0.463 e. The standard InChI is InChI=1S/C20H20F3NO4/c1-4-28-18(26)19(27,20(21,22)23)15-9-11-16(12-10-15)24(3)17(25)14-7-5-13(2)6-8-14/h5-12,27H,4H2,1-3H3/t19-/m0/s1. The molecular weight excluding hydrogens is 375 g/mol. The fourth-order valence-corrected chi connectivity index (χ4v) is 2.57. The maximum Gasteiger partial charge on any atom is 0.432 e. The molecule has 0 aliphatic carbocycles. The first-order valence-corrected chi connectivity index (χ1v) is 8.44. The third-order valence-electron chi connectivity index (χ3n) is 4.26. The summed E-state index contributed by atoms with van der Waals surface area (Å²) in [6.07, 6.45) is -5.27. The third kappa shape index (κ3) is 4.01. The maximum absolute atomic E-state index is 13.4. The molecule has 5 nitrogen and oxygen atoms in total. The van der Waals surface area contributed by atoms with Crippen molar-refractivity contribution in [3.63, 3.8) is 0 Å². The zero-order valence-corrected chi connectivity index (χ0v) is 15.6. The highest BCUT2D eigenvalue weighted by Gasteiger charge is 2.62. The number of carbonyl (C=O) groups is 2. The first-order valence-electron chi connectivity index (χ1n) is 8.44. The van der Waals surface area contributed by atoms with Crippen LogP contribution in [-0.4, -0.2) is 36.8 Å². The van der Waals surface area contributed by atoms with Crippen molar-refractivity contribution < 1.29 is 32.6 Å². The van der Waals surface area contributed by atoms with Crippen LogP contribution in [-0.2, 0) is 15.1 Å². The highest BCUT2D eigenvalue weighted by Crippen LogP contribution is 2.40. The number of rotatable bonds is 5. The molecule has 1 atom stereocenters. The minimum absolute atomic E-state index is 0.294. The predicted molar refractivity (Wildman–Crippen MR) is 96.9 cm³/mol. The molecule has 2 rings (SSSR count). The van der Waals surface area contributed by atoms with Gasteiger partial charge in [-0.15, -0.1) is 0 Å². The van der Waals surface area contributed by atoms with Crippen molar-refractivity contribution in [2.45, 2.75) is 25.6 Å². The van der Waals surface area contributed by atoms with Crippen LogP contribution in [0.15, 0.2) is 48.5 Å². The van der Waals surface area contributed by atoms with Crippen LogP contribution in [0.3, 0.4) is 0 Å². The smallest absolute Gasteiger partial charge is 0.432 e. The molecule has 2 aromatic carbocycles. The van der Waals surface area contributed by atoms with E-state index in [4.69, 9.17) is 0 Å². The lowest BCUT2D eigenvalue weighted by atomic mass is 9.93. The van der Waals surface area contributed by atoms with Crippen molar-refractivity contribution in [1.82, 2.24) is 0 Å². The Morgan fingerprint density at radius 2 is 1.57 bits per heavy atom. The Labute approximate surface area is 160 Å². The third-order valence-corrected chi connectivity index (χ3v) is 4.26. The fourth-order valence-electron chi connectivity index (χ4n) is 2.57. The van der Waals surface area contributed by atoms with Crippen molar-refractivity contribution in [2.24, 2.45) is 0 Å². The number of carbonyl (C=O) groups excluding carboxylic acids is 2. The summed E-state index contributed by atoms with van der Waals surface area (Å²) in [7, 11) is 1.47. The number of nitrogens with zero attached hydrogens (tertiary/aromatic N) is 1. The summed E-state index contributed by atoms with van der Waals surface area (Å²) < 4.78 is 44.6. The summed E-state index contributed by atoms with van der Waals surface area (Å²) in [5.41, 5.74) is -2.80. The highest BCUT2D eigenvalue weighted by atomic mass is 19.4. The van der Waals surface area contributed by atoms with Crippen LogP contribution in [0.1, 0.15) is 28.4 Å². The van der Waals surface area contributed by atoms with Crippen LogP contribution in [0.5, 0.6) is 0 Å². The van der Waals surface area contributed by atoms with E-state index >= 15 is 0 Å². The maximum atomic E-state index is 13.4. The van der Waals surface area contributed by atoms with E-state index in [1.165, 1.54) is 31.0 Å². The zero-order valence-electron chi connectivity index (χ0n) is 15.6. The van der Waals surface area contributed by atoms with Gasteiger partial charge in [0.05, 0.1) is 6.61 Å². The second-order valence-corrected chi connectivity index (χ2v) is 6.21. The number of alkyl halides is 3. The Hall–Kier alpha value is -2.87. The van der Waals surface area contributed by atoms with Gasteiger partial charge < -0.3 is 14.7 Å². The van der Waals surface area contributed by atoms with Gasteiger partial charge in [0.1, 0.15) is 0 Å². The molecule has 0 saturated carbocycles. The minimum atomic E-state index is -5.27. The van der Waals surface area contributed by atoms with E-state index in [2.05, 4.69) is 4.74 Å². The van der Waals surface area contributed by atoms with Crippen LogP contribution in [0.2, 0.25) is 0 Å². The summed E-state index contributed by atoms with van der Waals surface area (Å²) in [5.74, 6) is -2.16. The van der Waals surface area contributed by atoms with E-state index in [0.717, 1.165) is 17.7 Å². The van der Waals surface area contributed by atoms with E-state index in [0.29, 0.717) is 11.3 Å². The van der Waals surface area contributed by atoms with Gasteiger partial charge in [-0.1, -0.05) is 29.8 Å². The van der Waals surface area contributed by atoms with Crippen molar-refractivity contribution in [2.75, 3.05) is 18.6 Å².